The molecule has 2 atom stereocenters. The van der Waals surface area contributed by atoms with E-state index < -0.39 is 18.0 Å². The van der Waals surface area contributed by atoms with E-state index in [1.807, 2.05) is 0 Å². The zero-order valence-electron chi connectivity index (χ0n) is 15.6. The molecule has 2 heterocycles. The van der Waals surface area contributed by atoms with Gasteiger partial charge >= 0.3 is 18.0 Å². The molecule has 27 heavy (non-hydrogen) atoms. The van der Waals surface area contributed by atoms with Crippen molar-refractivity contribution in [2.24, 2.45) is 0 Å². The number of carbonyl (C=O) groups excluding carboxylic acids is 3. The number of carbonyl (C=O) groups is 3. The minimum Gasteiger partial charge on any atom is -0.465 e. The van der Waals surface area contributed by atoms with Crippen LogP contribution in [0.3, 0.4) is 0 Å². The minimum atomic E-state index is -0.631. The molecule has 2 aliphatic rings. The van der Waals surface area contributed by atoms with Gasteiger partial charge in [-0.15, -0.1) is 0 Å². The fourth-order valence-corrected chi connectivity index (χ4v) is 3.31. The summed E-state index contributed by atoms with van der Waals surface area (Å²) in [5.41, 5.74) is 0.368. The van der Waals surface area contributed by atoms with Crippen LogP contribution in [0.15, 0.2) is 24.3 Å². The standard InChI is InChI=1S/C19H24N2O6/c1-3-4-11-26-21-14-7-10-16(20(12-14)19(21)24)18(23)27-15-8-5-13(6-9-15)17(22)25-2/h5-6,8-9,14,16H,3-4,7,10-12H2,1-2H3/t14-,16-/m0/s1. The number of unbranched alkanes of at least 4 members (excludes halogenated alkanes) is 1. The Morgan fingerprint density at radius 3 is 2.59 bits per heavy atom. The molecule has 0 N–H and O–H groups in total. The summed E-state index contributed by atoms with van der Waals surface area (Å²) in [5.74, 6) is -0.627. The molecule has 2 bridgehead atoms. The number of nitrogens with zero attached hydrogens (tertiary/aromatic N) is 2. The van der Waals surface area contributed by atoms with Crippen molar-refractivity contribution in [3.05, 3.63) is 29.8 Å². The highest BCUT2D eigenvalue weighted by molar-refractivity contribution is 5.90. The summed E-state index contributed by atoms with van der Waals surface area (Å²) in [5, 5.41) is 1.41. The molecule has 2 amide bonds. The largest absolute Gasteiger partial charge is 0.465 e. The van der Waals surface area contributed by atoms with E-state index in [1.54, 1.807) is 0 Å². The molecule has 1 aromatic carbocycles. The number of ether oxygens (including phenoxy) is 2. The van der Waals surface area contributed by atoms with Gasteiger partial charge in [-0.2, -0.15) is 5.06 Å². The number of fused-ring (bicyclic) bond motifs is 2. The lowest BCUT2D eigenvalue weighted by Gasteiger charge is -2.28. The number of rotatable bonds is 7. The van der Waals surface area contributed by atoms with E-state index in [0.717, 1.165) is 12.8 Å². The average Bonchev–Trinajstić information content (AvgIpc) is 2.92. The summed E-state index contributed by atoms with van der Waals surface area (Å²) in [4.78, 5) is 43.7. The molecule has 2 fully saturated rings. The van der Waals surface area contributed by atoms with Crippen molar-refractivity contribution in [3.63, 3.8) is 0 Å². The number of benzene rings is 1. The maximum Gasteiger partial charge on any atom is 0.345 e. The Balaban J connectivity index is 1.61. The highest BCUT2D eigenvalue weighted by Gasteiger charge is 2.48. The normalized spacial score (nSPS) is 21.3. The second kappa shape index (κ2) is 8.39. The maximum atomic E-state index is 12.6. The zero-order chi connectivity index (χ0) is 19.4. The smallest absolute Gasteiger partial charge is 0.345 e. The first-order valence-electron chi connectivity index (χ1n) is 9.18. The topological polar surface area (TPSA) is 85.4 Å². The summed E-state index contributed by atoms with van der Waals surface area (Å²) in [6.07, 6.45) is 3.09. The lowest BCUT2D eigenvalue weighted by Crippen LogP contribution is -2.46. The Hall–Kier alpha value is -2.61. The summed E-state index contributed by atoms with van der Waals surface area (Å²) in [6, 6.07) is 5.18. The molecule has 0 spiro atoms. The molecule has 8 heteroatoms. The number of piperidine rings is 1. The van der Waals surface area contributed by atoms with E-state index in [0.29, 0.717) is 37.3 Å². The van der Waals surface area contributed by atoms with Gasteiger partial charge in [-0.1, -0.05) is 13.3 Å². The lowest BCUT2D eigenvalue weighted by atomic mass is 10.0. The Labute approximate surface area is 157 Å². The SMILES string of the molecule is CCCCON1C(=O)N2C[C@@H]1CC[C@H]2C(=O)Oc1ccc(C(=O)OC)cc1. The van der Waals surface area contributed by atoms with E-state index in [-0.39, 0.29) is 12.1 Å². The third kappa shape index (κ3) is 4.05. The molecule has 0 unspecified atom stereocenters. The van der Waals surface area contributed by atoms with Crippen LogP contribution in [-0.4, -0.2) is 60.3 Å². The van der Waals surface area contributed by atoms with Crippen molar-refractivity contribution in [2.45, 2.75) is 44.7 Å². The predicted octanol–water partition coefficient (Wildman–Crippen LogP) is 2.38. The average molecular weight is 376 g/mol. The first-order chi connectivity index (χ1) is 13.0. The summed E-state index contributed by atoms with van der Waals surface area (Å²) in [7, 11) is 1.30. The van der Waals surface area contributed by atoms with Gasteiger partial charge in [-0.3, -0.25) is 4.84 Å². The van der Waals surface area contributed by atoms with E-state index in [9.17, 15) is 14.4 Å². The molecule has 3 rings (SSSR count). The van der Waals surface area contributed by atoms with Gasteiger partial charge in [0.25, 0.3) is 0 Å². The van der Waals surface area contributed by atoms with Gasteiger partial charge in [0, 0.05) is 6.54 Å². The molecule has 2 saturated heterocycles. The summed E-state index contributed by atoms with van der Waals surface area (Å²) >= 11 is 0. The Morgan fingerprint density at radius 1 is 1.19 bits per heavy atom. The molecule has 0 aliphatic carbocycles. The van der Waals surface area contributed by atoms with Gasteiger partial charge in [0.05, 0.1) is 25.3 Å². The lowest BCUT2D eigenvalue weighted by molar-refractivity contribution is -0.140. The number of esters is 2. The van der Waals surface area contributed by atoms with Crippen LogP contribution in [0.5, 0.6) is 5.75 Å². The van der Waals surface area contributed by atoms with Crippen LogP contribution in [-0.2, 0) is 14.4 Å². The number of hydrogen-bond donors (Lipinski definition) is 0. The molecule has 146 valence electrons. The molecule has 1 aromatic rings. The van der Waals surface area contributed by atoms with Gasteiger partial charge in [-0.25, -0.2) is 14.4 Å². The number of methoxy groups -OCH3 is 1. The molecule has 0 saturated carbocycles. The molecular weight excluding hydrogens is 352 g/mol. The van der Waals surface area contributed by atoms with Crippen molar-refractivity contribution in [2.75, 3.05) is 20.3 Å². The van der Waals surface area contributed by atoms with Crippen molar-refractivity contribution in [1.82, 2.24) is 9.96 Å². The second-order valence-electron chi connectivity index (χ2n) is 6.63. The molecule has 8 nitrogen and oxygen atoms in total. The van der Waals surface area contributed by atoms with Gasteiger partial charge < -0.3 is 14.4 Å². The number of hydrogen-bond acceptors (Lipinski definition) is 6. The third-order valence-corrected chi connectivity index (χ3v) is 4.82. The Bertz CT molecular complexity index is 705. The van der Waals surface area contributed by atoms with E-state index >= 15 is 0 Å². The van der Waals surface area contributed by atoms with Crippen molar-refractivity contribution >= 4 is 18.0 Å². The molecular formula is C19H24N2O6. The third-order valence-electron chi connectivity index (χ3n) is 4.82. The van der Waals surface area contributed by atoms with Crippen molar-refractivity contribution in [1.29, 1.82) is 0 Å². The maximum absolute atomic E-state index is 12.6. The van der Waals surface area contributed by atoms with Crippen molar-refractivity contribution in [3.8, 4) is 5.75 Å². The zero-order valence-corrected chi connectivity index (χ0v) is 15.6. The number of hydroxylamine groups is 2. The van der Waals surface area contributed by atoms with Crippen LogP contribution in [0.4, 0.5) is 4.79 Å². The van der Waals surface area contributed by atoms with E-state index in [1.165, 1.54) is 41.3 Å². The minimum absolute atomic E-state index is 0.0160. The van der Waals surface area contributed by atoms with Gasteiger partial charge in [-0.05, 0) is 43.5 Å². The predicted molar refractivity (Wildman–Crippen MR) is 95.0 cm³/mol. The van der Waals surface area contributed by atoms with E-state index in [2.05, 4.69) is 11.7 Å². The highest BCUT2D eigenvalue weighted by atomic mass is 16.7. The summed E-state index contributed by atoms with van der Waals surface area (Å²) < 4.78 is 10.0. The van der Waals surface area contributed by atoms with Crippen LogP contribution in [0.25, 0.3) is 0 Å². The van der Waals surface area contributed by atoms with Crippen LogP contribution in [0.1, 0.15) is 43.0 Å². The summed E-state index contributed by atoms with van der Waals surface area (Å²) in [6.45, 7) is 3.01. The number of urea groups is 1. The fourth-order valence-electron chi connectivity index (χ4n) is 3.31. The second-order valence-corrected chi connectivity index (χ2v) is 6.63. The first kappa shape index (κ1) is 19.2. The Kier molecular flexibility index (Phi) is 5.95. The monoisotopic (exact) mass is 376 g/mol. The Morgan fingerprint density at radius 2 is 1.93 bits per heavy atom. The molecule has 0 aromatic heterocycles. The number of amides is 2. The van der Waals surface area contributed by atoms with Crippen LogP contribution >= 0.6 is 0 Å². The van der Waals surface area contributed by atoms with E-state index in [4.69, 9.17) is 9.57 Å². The fraction of sp³-hybridized carbons (Fsp3) is 0.526. The van der Waals surface area contributed by atoms with Gasteiger partial charge in [0.15, 0.2) is 0 Å². The van der Waals surface area contributed by atoms with Gasteiger partial charge in [0.1, 0.15) is 11.8 Å². The van der Waals surface area contributed by atoms with Crippen LogP contribution < -0.4 is 4.74 Å². The van der Waals surface area contributed by atoms with Crippen LogP contribution in [0.2, 0.25) is 0 Å². The highest BCUT2D eigenvalue weighted by Crippen LogP contribution is 2.31. The quantitative estimate of drug-likeness (QED) is 0.413. The van der Waals surface area contributed by atoms with Crippen LogP contribution in [0, 0.1) is 0 Å². The van der Waals surface area contributed by atoms with Gasteiger partial charge in [0.2, 0.25) is 0 Å². The first-order valence-corrected chi connectivity index (χ1v) is 9.18. The van der Waals surface area contributed by atoms with Crippen molar-refractivity contribution < 1.29 is 28.7 Å². The molecule has 2 aliphatic heterocycles. The molecule has 0 radical (unpaired) electrons.